The van der Waals surface area contributed by atoms with Crippen LogP contribution in [0.15, 0.2) is 229 Å². The molecule has 2 nitrogen and oxygen atoms in total. The highest BCUT2D eigenvalue weighted by Gasteiger charge is 2.20. The van der Waals surface area contributed by atoms with E-state index in [1.807, 2.05) is 6.07 Å². The van der Waals surface area contributed by atoms with Gasteiger partial charge in [0.15, 0.2) is 0 Å². The van der Waals surface area contributed by atoms with Gasteiger partial charge in [0.2, 0.25) is 0 Å². The van der Waals surface area contributed by atoms with Crippen molar-refractivity contribution in [3.05, 3.63) is 224 Å². The first-order valence-corrected chi connectivity index (χ1v) is 19.8. The van der Waals surface area contributed by atoms with Crippen LogP contribution in [0.3, 0.4) is 0 Å². The molecule has 0 spiro atoms. The highest BCUT2D eigenvalue weighted by Crippen LogP contribution is 2.44. The second kappa shape index (κ2) is 14.1. The number of para-hydroxylation sites is 1. The molecule has 11 aromatic rings. The molecule has 0 radical (unpaired) electrons. The van der Waals surface area contributed by atoms with E-state index in [1.165, 1.54) is 43.8 Å². The van der Waals surface area contributed by atoms with Gasteiger partial charge in [0.1, 0.15) is 11.2 Å². The molecule has 11 rings (SSSR count). The molecule has 0 N–H and O–H groups in total. The lowest BCUT2D eigenvalue weighted by Gasteiger charge is -2.27. The molecule has 0 aliphatic rings. The fourth-order valence-corrected chi connectivity index (χ4v) is 8.64. The number of nitrogens with zero attached hydrogens (tertiary/aromatic N) is 1. The Kier molecular flexibility index (Phi) is 8.19. The van der Waals surface area contributed by atoms with Crippen LogP contribution in [0.25, 0.3) is 88.0 Å². The molecule has 272 valence electrons. The molecule has 0 aliphatic heterocycles. The Morgan fingerprint density at radius 1 is 0.293 bits per heavy atom. The normalized spacial score (nSPS) is 11.4. The fraction of sp³-hybridized carbons (Fsp3) is 0. The summed E-state index contributed by atoms with van der Waals surface area (Å²) in [5.74, 6) is 0. The van der Waals surface area contributed by atoms with Crippen LogP contribution in [0, 0.1) is 0 Å². The van der Waals surface area contributed by atoms with E-state index in [0.29, 0.717) is 0 Å². The van der Waals surface area contributed by atoms with Crippen molar-refractivity contribution in [1.82, 2.24) is 0 Å². The number of hydrogen-bond acceptors (Lipinski definition) is 2. The Morgan fingerprint density at radius 3 is 1.48 bits per heavy atom. The SMILES string of the molecule is c1ccc(-c2ccc(-c3ccc(N(c4ccc(-c5ccc(-c6ccccc6)c6oc7ccccc7c56)cc4)c4cccc5c4ccc4ccccc45)cc3)cc2)cc1. The molecule has 0 unspecified atom stereocenters. The second-order valence-electron chi connectivity index (χ2n) is 14.9. The lowest BCUT2D eigenvalue weighted by atomic mass is 9.94. The minimum atomic E-state index is 0.893. The van der Waals surface area contributed by atoms with E-state index in [4.69, 9.17) is 4.42 Å². The summed E-state index contributed by atoms with van der Waals surface area (Å²) in [4.78, 5) is 2.39. The van der Waals surface area contributed by atoms with Crippen LogP contribution < -0.4 is 4.90 Å². The Morgan fingerprint density at radius 2 is 0.793 bits per heavy atom. The predicted octanol–water partition coefficient (Wildman–Crippen LogP) is 16.0. The summed E-state index contributed by atoms with van der Waals surface area (Å²) in [6.45, 7) is 0. The van der Waals surface area contributed by atoms with Crippen molar-refractivity contribution in [3.8, 4) is 44.5 Å². The van der Waals surface area contributed by atoms with Gasteiger partial charge >= 0.3 is 0 Å². The van der Waals surface area contributed by atoms with Gasteiger partial charge in [-0.15, -0.1) is 0 Å². The Labute approximate surface area is 337 Å². The topological polar surface area (TPSA) is 16.4 Å². The first kappa shape index (κ1) is 33.6. The maximum atomic E-state index is 6.61. The molecule has 0 saturated carbocycles. The number of rotatable bonds is 7. The molecule has 58 heavy (non-hydrogen) atoms. The number of anilines is 3. The lowest BCUT2D eigenvalue weighted by molar-refractivity contribution is 0.670. The van der Waals surface area contributed by atoms with Gasteiger partial charge in [-0.2, -0.15) is 0 Å². The predicted molar refractivity (Wildman–Crippen MR) is 245 cm³/mol. The van der Waals surface area contributed by atoms with Crippen molar-refractivity contribution in [1.29, 1.82) is 0 Å². The van der Waals surface area contributed by atoms with Crippen LogP contribution in [0.1, 0.15) is 0 Å². The lowest BCUT2D eigenvalue weighted by Crippen LogP contribution is -2.10. The average Bonchev–Trinajstić information content (AvgIpc) is 3.70. The summed E-state index contributed by atoms with van der Waals surface area (Å²) in [7, 11) is 0. The zero-order chi connectivity index (χ0) is 38.4. The third-order valence-corrected chi connectivity index (χ3v) is 11.5. The maximum Gasteiger partial charge on any atom is 0.143 e. The van der Waals surface area contributed by atoms with E-state index in [2.05, 4.69) is 223 Å². The smallest absolute Gasteiger partial charge is 0.143 e. The second-order valence-corrected chi connectivity index (χ2v) is 14.9. The minimum Gasteiger partial charge on any atom is -0.455 e. The summed E-state index contributed by atoms with van der Waals surface area (Å²) in [5, 5.41) is 7.18. The van der Waals surface area contributed by atoms with Gasteiger partial charge in [-0.1, -0.05) is 182 Å². The van der Waals surface area contributed by atoms with Crippen LogP contribution in [0.5, 0.6) is 0 Å². The largest absolute Gasteiger partial charge is 0.455 e. The molecule has 1 heterocycles. The molecule has 0 aliphatic carbocycles. The summed E-state index contributed by atoms with van der Waals surface area (Å²) >= 11 is 0. The summed E-state index contributed by atoms with van der Waals surface area (Å²) in [6.07, 6.45) is 0. The number of furan rings is 1. The zero-order valence-corrected chi connectivity index (χ0v) is 31.7. The monoisotopic (exact) mass is 739 g/mol. The van der Waals surface area contributed by atoms with Gasteiger partial charge in [0.25, 0.3) is 0 Å². The van der Waals surface area contributed by atoms with Gasteiger partial charge < -0.3 is 9.32 Å². The molecule has 1 aromatic heterocycles. The molecule has 0 fully saturated rings. The Bertz CT molecular complexity index is 3240. The minimum absolute atomic E-state index is 0.893. The van der Waals surface area contributed by atoms with Crippen LogP contribution in [-0.2, 0) is 0 Å². The molecule has 2 heteroatoms. The van der Waals surface area contributed by atoms with E-state index in [0.717, 1.165) is 61.3 Å². The first-order valence-electron chi connectivity index (χ1n) is 19.8. The van der Waals surface area contributed by atoms with Crippen LogP contribution >= 0.6 is 0 Å². The van der Waals surface area contributed by atoms with Crippen LogP contribution in [0.2, 0.25) is 0 Å². The molecule has 0 atom stereocenters. The number of hydrogen-bond donors (Lipinski definition) is 0. The van der Waals surface area contributed by atoms with Crippen molar-refractivity contribution in [2.75, 3.05) is 4.90 Å². The zero-order valence-electron chi connectivity index (χ0n) is 31.7. The fourth-order valence-electron chi connectivity index (χ4n) is 8.64. The van der Waals surface area contributed by atoms with Crippen molar-refractivity contribution in [2.45, 2.75) is 0 Å². The molecular formula is C56H37NO. The quantitative estimate of drug-likeness (QED) is 0.151. The third kappa shape index (κ3) is 5.82. The van der Waals surface area contributed by atoms with E-state index in [9.17, 15) is 0 Å². The standard InChI is InChI=1S/C56H37NO/c1-3-12-38(13-4-1)39-22-24-40(25-23-39)41-26-31-45(32-27-41)57(53-20-11-19-50-47-17-8-7-16-43(47)30-35-51(50)53)46-33-28-44(29-34-46)48-36-37-49(42-14-5-2-6-15-42)56-55(48)52-18-9-10-21-54(52)58-56/h1-37H. The summed E-state index contributed by atoms with van der Waals surface area (Å²) in [5.41, 5.74) is 14.4. The van der Waals surface area contributed by atoms with Gasteiger partial charge in [0, 0.05) is 33.1 Å². The van der Waals surface area contributed by atoms with E-state index >= 15 is 0 Å². The number of benzene rings is 10. The highest BCUT2D eigenvalue weighted by molar-refractivity contribution is 6.16. The Balaban J connectivity index is 1.03. The highest BCUT2D eigenvalue weighted by atomic mass is 16.3. The van der Waals surface area contributed by atoms with Gasteiger partial charge in [-0.05, 0) is 97.6 Å². The van der Waals surface area contributed by atoms with Crippen LogP contribution in [-0.4, -0.2) is 0 Å². The van der Waals surface area contributed by atoms with Crippen molar-refractivity contribution < 1.29 is 4.42 Å². The van der Waals surface area contributed by atoms with E-state index in [-0.39, 0.29) is 0 Å². The summed E-state index contributed by atoms with van der Waals surface area (Å²) in [6, 6.07) is 80.5. The van der Waals surface area contributed by atoms with Crippen molar-refractivity contribution in [2.24, 2.45) is 0 Å². The maximum absolute atomic E-state index is 6.61. The van der Waals surface area contributed by atoms with Crippen LogP contribution in [0.4, 0.5) is 17.1 Å². The van der Waals surface area contributed by atoms with E-state index < -0.39 is 0 Å². The Hall–Kier alpha value is -7.68. The molecule has 0 amide bonds. The van der Waals surface area contributed by atoms with Gasteiger partial charge in [-0.25, -0.2) is 0 Å². The molecule has 10 aromatic carbocycles. The van der Waals surface area contributed by atoms with Gasteiger partial charge in [0.05, 0.1) is 5.69 Å². The van der Waals surface area contributed by atoms with E-state index in [1.54, 1.807) is 0 Å². The molecule has 0 saturated heterocycles. The molecule has 0 bridgehead atoms. The number of fused-ring (bicyclic) bond motifs is 6. The van der Waals surface area contributed by atoms with Crippen molar-refractivity contribution >= 4 is 60.5 Å². The third-order valence-electron chi connectivity index (χ3n) is 11.5. The van der Waals surface area contributed by atoms with Crippen molar-refractivity contribution in [3.63, 3.8) is 0 Å². The first-order chi connectivity index (χ1) is 28.8. The van der Waals surface area contributed by atoms with Gasteiger partial charge in [-0.3, -0.25) is 0 Å². The molecular weight excluding hydrogens is 703 g/mol. The summed E-state index contributed by atoms with van der Waals surface area (Å²) < 4.78 is 6.61. The average molecular weight is 740 g/mol.